The van der Waals surface area contributed by atoms with Gasteiger partial charge in [0.15, 0.2) is 10.9 Å². The van der Waals surface area contributed by atoms with Crippen molar-refractivity contribution in [2.45, 2.75) is 37.6 Å². The van der Waals surface area contributed by atoms with Crippen molar-refractivity contribution in [1.29, 1.82) is 0 Å². The van der Waals surface area contributed by atoms with Crippen LogP contribution in [0.4, 0.5) is 0 Å². The summed E-state index contributed by atoms with van der Waals surface area (Å²) in [6.07, 6.45) is 3.04. The zero-order valence-electron chi connectivity index (χ0n) is 11.7. The molecule has 0 saturated heterocycles. The molecule has 0 saturated carbocycles. The fraction of sp³-hybridized carbons (Fsp3) is 0.429. The van der Waals surface area contributed by atoms with Crippen LogP contribution in [-0.4, -0.2) is 20.7 Å². The minimum Gasteiger partial charge on any atom is -0.294 e. The molecule has 4 nitrogen and oxygen atoms in total. The van der Waals surface area contributed by atoms with Gasteiger partial charge in [0.2, 0.25) is 0 Å². The highest BCUT2D eigenvalue weighted by atomic mass is 35.5. The lowest BCUT2D eigenvalue weighted by Crippen LogP contribution is -2.28. The van der Waals surface area contributed by atoms with Crippen LogP contribution in [0.2, 0.25) is 5.15 Å². The predicted molar refractivity (Wildman–Crippen MR) is 85.1 cm³/mol. The molecule has 0 aromatic carbocycles. The topological polar surface area (TPSA) is 55.7 Å². The largest absolute Gasteiger partial charge is 0.294 e. The molecule has 2 heterocycles. The van der Waals surface area contributed by atoms with E-state index in [0.29, 0.717) is 28.0 Å². The lowest BCUT2D eigenvalue weighted by molar-refractivity contribution is 0.0909. The molecule has 2 aromatic heterocycles. The molecule has 0 bridgehead atoms. The Balaban J connectivity index is 1.78. The number of thioether (sulfide) groups is 1. The second kappa shape index (κ2) is 5.66. The molecule has 2 aromatic rings. The first kappa shape index (κ1) is 14.9. The van der Waals surface area contributed by atoms with E-state index >= 15 is 0 Å². The molecule has 0 N–H and O–H groups in total. The fourth-order valence-corrected chi connectivity index (χ4v) is 4.15. The van der Waals surface area contributed by atoms with E-state index < -0.39 is 0 Å². The van der Waals surface area contributed by atoms with E-state index in [1.54, 1.807) is 6.20 Å². The summed E-state index contributed by atoms with van der Waals surface area (Å²) in [7, 11) is 0. The summed E-state index contributed by atoms with van der Waals surface area (Å²) < 4.78 is 0. The summed E-state index contributed by atoms with van der Waals surface area (Å²) in [5.41, 5.74) is 1.52. The van der Waals surface area contributed by atoms with Crippen molar-refractivity contribution in [2.75, 3.05) is 0 Å². The molecule has 0 fully saturated rings. The van der Waals surface area contributed by atoms with Crippen molar-refractivity contribution in [3.05, 3.63) is 33.0 Å². The third-order valence-corrected chi connectivity index (χ3v) is 5.51. The van der Waals surface area contributed by atoms with Gasteiger partial charge in [-0.25, -0.2) is 15.0 Å². The van der Waals surface area contributed by atoms with Gasteiger partial charge in [0.05, 0.1) is 17.0 Å². The Morgan fingerprint density at radius 1 is 1.38 bits per heavy atom. The molecule has 21 heavy (non-hydrogen) atoms. The SMILES string of the molecule is CC1(C)CC(=O)c2cnc(SCc3nc(Cl)cs3)nc2C1. The number of hydrogen-bond donors (Lipinski definition) is 0. The zero-order valence-corrected chi connectivity index (χ0v) is 14.1. The molecule has 0 amide bonds. The molecule has 1 aliphatic carbocycles. The van der Waals surface area contributed by atoms with E-state index in [2.05, 4.69) is 28.8 Å². The van der Waals surface area contributed by atoms with Crippen LogP contribution < -0.4 is 0 Å². The highest BCUT2D eigenvalue weighted by Gasteiger charge is 2.32. The number of Topliss-reactive ketones (excluding diaryl/α,β-unsaturated/α-hetero) is 1. The van der Waals surface area contributed by atoms with Crippen LogP contribution in [0.1, 0.15) is 41.3 Å². The molecule has 0 aliphatic heterocycles. The first-order valence-electron chi connectivity index (χ1n) is 6.55. The number of halogens is 1. The summed E-state index contributed by atoms with van der Waals surface area (Å²) in [6, 6.07) is 0. The Kier molecular flexibility index (Phi) is 4.03. The third-order valence-electron chi connectivity index (χ3n) is 3.28. The summed E-state index contributed by atoms with van der Waals surface area (Å²) in [4.78, 5) is 25.1. The van der Waals surface area contributed by atoms with Crippen molar-refractivity contribution < 1.29 is 4.79 Å². The summed E-state index contributed by atoms with van der Waals surface area (Å²) in [5.74, 6) is 0.831. The number of thiazole rings is 1. The lowest BCUT2D eigenvalue weighted by atomic mass is 9.76. The molecule has 7 heteroatoms. The molecule has 0 spiro atoms. The Bertz CT molecular complexity index is 699. The van der Waals surface area contributed by atoms with Crippen molar-refractivity contribution >= 4 is 40.5 Å². The van der Waals surface area contributed by atoms with Gasteiger partial charge in [0.25, 0.3) is 0 Å². The van der Waals surface area contributed by atoms with E-state index in [9.17, 15) is 4.79 Å². The molecule has 1 aliphatic rings. The van der Waals surface area contributed by atoms with Gasteiger partial charge < -0.3 is 0 Å². The van der Waals surface area contributed by atoms with E-state index in [-0.39, 0.29) is 11.2 Å². The molecule has 3 rings (SSSR count). The van der Waals surface area contributed by atoms with Crippen molar-refractivity contribution in [1.82, 2.24) is 15.0 Å². The second-order valence-corrected chi connectivity index (χ2v) is 8.08. The van der Waals surface area contributed by atoms with Crippen LogP contribution in [-0.2, 0) is 12.2 Å². The van der Waals surface area contributed by atoms with Gasteiger partial charge in [-0.15, -0.1) is 11.3 Å². The average molecular weight is 340 g/mol. The second-order valence-electron chi connectivity index (χ2n) is 5.81. The number of aromatic nitrogens is 3. The number of nitrogens with zero attached hydrogens (tertiary/aromatic N) is 3. The maximum Gasteiger partial charge on any atom is 0.188 e. The number of hydrogen-bond acceptors (Lipinski definition) is 6. The summed E-state index contributed by atoms with van der Waals surface area (Å²) >= 11 is 8.85. The molecular formula is C14H14ClN3OS2. The van der Waals surface area contributed by atoms with Gasteiger partial charge in [-0.2, -0.15) is 0 Å². The van der Waals surface area contributed by atoms with Gasteiger partial charge in [0.1, 0.15) is 10.2 Å². The summed E-state index contributed by atoms with van der Waals surface area (Å²) in [5, 5.41) is 3.97. The number of carbonyl (C=O) groups is 1. The van der Waals surface area contributed by atoms with Crippen LogP contribution >= 0.6 is 34.7 Å². The van der Waals surface area contributed by atoms with Gasteiger partial charge in [-0.3, -0.25) is 4.79 Å². The first-order chi connectivity index (χ1) is 9.93. The standard InChI is InChI=1S/C14H14ClN3OS2/c1-14(2)3-9-8(10(19)4-14)5-16-13(17-9)21-7-12-18-11(15)6-20-12/h5-6H,3-4,7H2,1-2H3. The normalized spacial score (nSPS) is 16.8. The Labute approximate surface area is 136 Å². The quantitative estimate of drug-likeness (QED) is 0.624. The fourth-order valence-electron chi connectivity index (χ4n) is 2.36. The summed E-state index contributed by atoms with van der Waals surface area (Å²) in [6.45, 7) is 4.20. The van der Waals surface area contributed by atoms with Crippen LogP contribution in [0.15, 0.2) is 16.7 Å². The third kappa shape index (κ3) is 3.44. The molecule has 110 valence electrons. The molecular weight excluding hydrogens is 326 g/mol. The van der Waals surface area contributed by atoms with E-state index in [1.165, 1.54) is 23.1 Å². The first-order valence-corrected chi connectivity index (χ1v) is 8.79. The van der Waals surface area contributed by atoms with Crippen LogP contribution in [0.5, 0.6) is 0 Å². The Morgan fingerprint density at radius 3 is 2.90 bits per heavy atom. The van der Waals surface area contributed by atoms with Gasteiger partial charge in [-0.05, 0) is 11.8 Å². The lowest BCUT2D eigenvalue weighted by Gasteiger charge is -2.29. The van der Waals surface area contributed by atoms with Crippen molar-refractivity contribution in [3.8, 4) is 0 Å². The van der Waals surface area contributed by atoms with Crippen LogP contribution in [0.25, 0.3) is 0 Å². The monoisotopic (exact) mass is 339 g/mol. The highest BCUT2D eigenvalue weighted by Crippen LogP contribution is 2.34. The minimum absolute atomic E-state index is 0.0246. The van der Waals surface area contributed by atoms with Crippen molar-refractivity contribution in [3.63, 3.8) is 0 Å². The van der Waals surface area contributed by atoms with E-state index in [4.69, 9.17) is 11.6 Å². The molecule has 0 atom stereocenters. The number of fused-ring (bicyclic) bond motifs is 1. The van der Waals surface area contributed by atoms with Crippen LogP contribution in [0.3, 0.4) is 0 Å². The maximum atomic E-state index is 12.1. The number of ketones is 1. The Hall–Kier alpha value is -0.980. The van der Waals surface area contributed by atoms with E-state index in [1.807, 2.05) is 5.38 Å². The number of carbonyl (C=O) groups excluding carboxylic acids is 1. The molecule has 0 unspecified atom stereocenters. The highest BCUT2D eigenvalue weighted by molar-refractivity contribution is 7.98. The molecule has 0 radical (unpaired) electrons. The maximum absolute atomic E-state index is 12.1. The predicted octanol–water partition coefficient (Wildman–Crippen LogP) is 4.03. The smallest absolute Gasteiger partial charge is 0.188 e. The van der Waals surface area contributed by atoms with Gasteiger partial charge in [-0.1, -0.05) is 37.2 Å². The van der Waals surface area contributed by atoms with Crippen molar-refractivity contribution in [2.24, 2.45) is 5.41 Å². The van der Waals surface area contributed by atoms with Gasteiger partial charge in [0, 0.05) is 18.0 Å². The Morgan fingerprint density at radius 2 is 2.19 bits per heavy atom. The van der Waals surface area contributed by atoms with Crippen LogP contribution in [0, 0.1) is 5.41 Å². The van der Waals surface area contributed by atoms with E-state index in [0.717, 1.165) is 17.1 Å². The average Bonchev–Trinajstić information content (AvgIpc) is 2.80. The number of rotatable bonds is 3. The zero-order chi connectivity index (χ0) is 15.0. The minimum atomic E-state index is -0.0246. The van der Waals surface area contributed by atoms with Gasteiger partial charge >= 0.3 is 0 Å².